The highest BCUT2D eigenvalue weighted by atomic mass is 28.1. The maximum atomic E-state index is 3.94. The number of hydrogen-bond acceptors (Lipinski definition) is 0. The van der Waals surface area contributed by atoms with Gasteiger partial charge in [0.2, 0.25) is 0 Å². The third kappa shape index (κ3) is 2.00. The van der Waals surface area contributed by atoms with Crippen molar-refractivity contribution in [2.45, 2.75) is 12.5 Å². The van der Waals surface area contributed by atoms with Crippen molar-refractivity contribution in [1.29, 1.82) is 0 Å². The summed E-state index contributed by atoms with van der Waals surface area (Å²) in [4.78, 5) is 0. The van der Waals surface area contributed by atoms with Gasteiger partial charge in [0, 0.05) is 10.2 Å². The summed E-state index contributed by atoms with van der Waals surface area (Å²) in [6.07, 6.45) is 3.15. The van der Waals surface area contributed by atoms with E-state index in [9.17, 15) is 0 Å². The van der Waals surface area contributed by atoms with Gasteiger partial charge < -0.3 is 0 Å². The van der Waals surface area contributed by atoms with Gasteiger partial charge in [-0.1, -0.05) is 61.2 Å². The lowest BCUT2D eigenvalue weighted by Gasteiger charge is -2.12. The Kier molecular flexibility index (Phi) is 3.22. The second-order valence-electron chi connectivity index (χ2n) is 4.97. The first-order chi connectivity index (χ1) is 9.35. The molecular weight excluding hydrogens is 244 g/mol. The third-order valence-electron chi connectivity index (χ3n) is 3.77. The molecule has 0 bridgehead atoms. The Morgan fingerprint density at radius 3 is 2.53 bits per heavy atom. The molecule has 94 valence electrons. The molecule has 0 aliphatic carbocycles. The molecular formula is C18H18Si. The maximum Gasteiger partial charge on any atom is 0.00322 e. The summed E-state index contributed by atoms with van der Waals surface area (Å²) in [6, 6.07) is 18.9. The van der Waals surface area contributed by atoms with Crippen LogP contribution in [0.4, 0.5) is 0 Å². The van der Waals surface area contributed by atoms with E-state index in [1.165, 1.54) is 55.4 Å². The van der Waals surface area contributed by atoms with Crippen molar-refractivity contribution in [2.75, 3.05) is 0 Å². The van der Waals surface area contributed by atoms with Gasteiger partial charge in [0.25, 0.3) is 0 Å². The molecule has 0 unspecified atom stereocenters. The van der Waals surface area contributed by atoms with E-state index in [0.29, 0.717) is 0 Å². The van der Waals surface area contributed by atoms with Crippen LogP contribution in [0.2, 0.25) is 6.04 Å². The largest absolute Gasteiger partial charge is 0.0984 e. The van der Waals surface area contributed by atoms with E-state index in [1.807, 2.05) is 6.08 Å². The lowest BCUT2D eigenvalue weighted by atomic mass is 9.93. The molecule has 0 spiro atoms. The van der Waals surface area contributed by atoms with Crippen LogP contribution < -0.4 is 0 Å². The van der Waals surface area contributed by atoms with Crippen LogP contribution in [-0.2, 0) is 6.42 Å². The van der Waals surface area contributed by atoms with Gasteiger partial charge >= 0.3 is 0 Å². The van der Waals surface area contributed by atoms with Crippen molar-refractivity contribution in [3.8, 4) is 0 Å². The summed E-state index contributed by atoms with van der Waals surface area (Å²) in [5, 5.41) is 5.48. The van der Waals surface area contributed by atoms with E-state index >= 15 is 0 Å². The van der Waals surface area contributed by atoms with Crippen molar-refractivity contribution in [1.82, 2.24) is 0 Å². The van der Waals surface area contributed by atoms with Gasteiger partial charge in [0.05, 0.1) is 0 Å². The summed E-state index contributed by atoms with van der Waals surface area (Å²) in [6.45, 7) is 3.94. The molecule has 0 atom stereocenters. The molecule has 0 nitrogen and oxygen atoms in total. The predicted molar refractivity (Wildman–Crippen MR) is 90.0 cm³/mol. The van der Waals surface area contributed by atoms with E-state index in [1.54, 1.807) is 0 Å². The topological polar surface area (TPSA) is 0 Å². The lowest BCUT2D eigenvalue weighted by Crippen LogP contribution is -1.91. The molecule has 0 fully saturated rings. The summed E-state index contributed by atoms with van der Waals surface area (Å²) in [5.74, 6) is 0. The second kappa shape index (κ2) is 5.02. The second-order valence-corrected chi connectivity index (χ2v) is 5.97. The Morgan fingerprint density at radius 1 is 0.947 bits per heavy atom. The van der Waals surface area contributed by atoms with Crippen LogP contribution in [0.25, 0.3) is 27.6 Å². The van der Waals surface area contributed by atoms with E-state index in [0.717, 1.165) is 0 Å². The fourth-order valence-electron chi connectivity index (χ4n) is 2.90. The molecule has 0 heterocycles. The summed E-state index contributed by atoms with van der Waals surface area (Å²) >= 11 is 0. The lowest BCUT2D eigenvalue weighted by molar-refractivity contribution is 1.17. The molecule has 0 saturated heterocycles. The number of rotatable bonds is 3. The van der Waals surface area contributed by atoms with Crippen LogP contribution in [0.5, 0.6) is 0 Å². The molecule has 0 aromatic heterocycles. The molecule has 0 aliphatic heterocycles. The van der Waals surface area contributed by atoms with Crippen molar-refractivity contribution < 1.29 is 0 Å². The molecule has 0 N–H and O–H groups in total. The minimum atomic E-state index is 1.19. The Morgan fingerprint density at radius 2 is 1.74 bits per heavy atom. The number of aryl methyl sites for hydroxylation is 1. The van der Waals surface area contributed by atoms with Gasteiger partial charge in [0.1, 0.15) is 0 Å². The van der Waals surface area contributed by atoms with E-state index in [-0.39, 0.29) is 0 Å². The third-order valence-corrected chi connectivity index (χ3v) is 4.27. The molecule has 19 heavy (non-hydrogen) atoms. The Hall–Kier alpha value is -1.86. The Bertz CT molecular complexity index is 756. The summed E-state index contributed by atoms with van der Waals surface area (Å²) < 4.78 is 0. The van der Waals surface area contributed by atoms with Gasteiger partial charge in [-0.2, -0.15) is 0 Å². The number of fused-ring (bicyclic) bond motifs is 2. The first kappa shape index (κ1) is 12.2. The summed E-state index contributed by atoms with van der Waals surface area (Å²) in [7, 11) is 1.25. The number of benzene rings is 3. The van der Waals surface area contributed by atoms with Crippen LogP contribution in [-0.4, -0.2) is 10.2 Å². The predicted octanol–water partition coefficient (Wildman–Crippen LogP) is 3.96. The minimum Gasteiger partial charge on any atom is -0.0984 e. The average Bonchev–Trinajstić information content (AvgIpc) is 2.46. The minimum absolute atomic E-state index is 1.19. The molecule has 0 saturated carbocycles. The molecule has 1 heteroatoms. The Balaban J connectivity index is 2.50. The maximum absolute atomic E-state index is 3.94. The Labute approximate surface area is 117 Å². The first-order valence-corrected chi connectivity index (χ1v) is 8.32. The fraction of sp³-hybridized carbons (Fsp3) is 0.111. The fourth-order valence-corrected chi connectivity index (χ4v) is 3.40. The zero-order valence-electron chi connectivity index (χ0n) is 11.3. The van der Waals surface area contributed by atoms with Gasteiger partial charge in [-0.3, -0.25) is 0 Å². The highest BCUT2D eigenvalue weighted by Crippen LogP contribution is 2.31. The highest BCUT2D eigenvalue weighted by Gasteiger charge is 2.08. The molecule has 0 aliphatic rings. The standard InChI is InChI=1S/C18H18Si/c1-2-13-7-5-9-16-17(10-11-19)15-8-4-3-6-14(15)12-18(13)16/h2-9,12H,1,10-11H2,19H3. The van der Waals surface area contributed by atoms with Crippen LogP contribution >= 0.6 is 0 Å². The van der Waals surface area contributed by atoms with Gasteiger partial charge in [-0.15, -0.1) is 0 Å². The van der Waals surface area contributed by atoms with Gasteiger partial charge in [-0.05, 0) is 45.2 Å². The van der Waals surface area contributed by atoms with Gasteiger partial charge in [-0.25, -0.2) is 0 Å². The van der Waals surface area contributed by atoms with E-state index in [2.05, 4.69) is 55.1 Å². The molecule has 0 radical (unpaired) electrons. The smallest absolute Gasteiger partial charge is 0.00322 e. The average molecular weight is 262 g/mol. The van der Waals surface area contributed by atoms with Crippen molar-refractivity contribution >= 4 is 37.9 Å². The first-order valence-electron chi connectivity index (χ1n) is 6.91. The normalized spacial score (nSPS) is 11.2. The van der Waals surface area contributed by atoms with Crippen molar-refractivity contribution in [3.05, 3.63) is 66.2 Å². The molecule has 3 rings (SSSR count). The van der Waals surface area contributed by atoms with Crippen LogP contribution in [0.1, 0.15) is 11.1 Å². The van der Waals surface area contributed by atoms with Crippen molar-refractivity contribution in [2.24, 2.45) is 0 Å². The van der Waals surface area contributed by atoms with Gasteiger partial charge in [0.15, 0.2) is 0 Å². The van der Waals surface area contributed by atoms with Crippen LogP contribution in [0, 0.1) is 0 Å². The van der Waals surface area contributed by atoms with E-state index < -0.39 is 0 Å². The monoisotopic (exact) mass is 262 g/mol. The van der Waals surface area contributed by atoms with Crippen LogP contribution in [0.3, 0.4) is 0 Å². The molecule has 0 amide bonds. The van der Waals surface area contributed by atoms with E-state index in [4.69, 9.17) is 0 Å². The van der Waals surface area contributed by atoms with Crippen molar-refractivity contribution in [3.63, 3.8) is 0 Å². The highest BCUT2D eigenvalue weighted by molar-refractivity contribution is 6.10. The summed E-state index contributed by atoms with van der Waals surface area (Å²) in [5.41, 5.74) is 2.74. The van der Waals surface area contributed by atoms with Crippen LogP contribution in [0.15, 0.2) is 55.1 Å². The number of hydrogen-bond donors (Lipinski definition) is 0. The SMILES string of the molecule is C=Cc1cccc2c(CC[SiH3])c3ccccc3cc12. The zero-order chi connectivity index (χ0) is 13.2. The zero-order valence-corrected chi connectivity index (χ0v) is 13.3. The molecule has 3 aromatic carbocycles. The quantitative estimate of drug-likeness (QED) is 0.495. The molecule has 3 aromatic rings.